The van der Waals surface area contributed by atoms with Crippen molar-refractivity contribution in [3.8, 4) is 0 Å². The first kappa shape index (κ1) is 26.2. The second-order valence-corrected chi connectivity index (χ2v) is 9.34. The molecule has 0 bridgehead atoms. The van der Waals surface area contributed by atoms with E-state index in [4.69, 9.17) is 16.3 Å². The summed E-state index contributed by atoms with van der Waals surface area (Å²) >= 11 is 6.35. The Labute approximate surface area is 207 Å². The lowest BCUT2D eigenvalue weighted by atomic mass is 10.1. The van der Waals surface area contributed by atoms with Crippen molar-refractivity contribution in [1.82, 2.24) is 19.6 Å². The van der Waals surface area contributed by atoms with Crippen molar-refractivity contribution in [3.63, 3.8) is 0 Å². The minimum atomic E-state index is -0.125. The Kier molecular flexibility index (Phi) is 9.50. The quantitative estimate of drug-likeness (QED) is 0.619. The summed E-state index contributed by atoms with van der Waals surface area (Å²) in [5.74, 6) is -0.190. The molecule has 8 nitrogen and oxygen atoms in total. The van der Waals surface area contributed by atoms with E-state index in [1.54, 1.807) is 21.8 Å². The number of carbonyl (C=O) groups is 2. The summed E-state index contributed by atoms with van der Waals surface area (Å²) < 4.78 is 6.92. The van der Waals surface area contributed by atoms with E-state index in [2.05, 4.69) is 30.8 Å². The molecule has 0 radical (unpaired) electrons. The first-order chi connectivity index (χ1) is 16.3. The summed E-state index contributed by atoms with van der Waals surface area (Å²) in [5, 5.41) is 4.89. The molecule has 0 saturated carbocycles. The molecular weight excluding hydrogens is 454 g/mol. The van der Waals surface area contributed by atoms with Crippen molar-refractivity contribution >= 4 is 29.1 Å². The van der Waals surface area contributed by atoms with E-state index in [0.717, 1.165) is 37.2 Å². The van der Waals surface area contributed by atoms with Gasteiger partial charge in [0, 0.05) is 63.6 Å². The van der Waals surface area contributed by atoms with Gasteiger partial charge in [-0.1, -0.05) is 24.6 Å². The topological polar surface area (TPSA) is 70.9 Å². The van der Waals surface area contributed by atoms with Crippen molar-refractivity contribution < 1.29 is 14.3 Å². The SMILES string of the molecule is CCCn1nccc1C(=O)N1CCN(C(C)C)CCCN(C(=O)COC)c2cc(Cl)ccc2C1. The zero-order chi connectivity index (χ0) is 24.7. The van der Waals surface area contributed by atoms with Crippen molar-refractivity contribution in [2.45, 2.75) is 52.7 Å². The smallest absolute Gasteiger partial charge is 0.272 e. The largest absolute Gasteiger partial charge is 0.375 e. The van der Waals surface area contributed by atoms with E-state index >= 15 is 0 Å². The summed E-state index contributed by atoms with van der Waals surface area (Å²) in [5.41, 5.74) is 2.19. The van der Waals surface area contributed by atoms with Crippen molar-refractivity contribution in [2.75, 3.05) is 44.8 Å². The zero-order valence-corrected chi connectivity index (χ0v) is 21.4. The number of anilines is 1. The Morgan fingerprint density at radius 1 is 1.15 bits per heavy atom. The molecule has 0 aliphatic carbocycles. The highest BCUT2D eigenvalue weighted by atomic mass is 35.5. The van der Waals surface area contributed by atoms with Gasteiger partial charge in [-0.2, -0.15) is 5.10 Å². The zero-order valence-electron chi connectivity index (χ0n) is 20.7. The van der Waals surface area contributed by atoms with Gasteiger partial charge in [-0.15, -0.1) is 0 Å². The third kappa shape index (κ3) is 6.37. The fourth-order valence-corrected chi connectivity index (χ4v) is 4.50. The highest BCUT2D eigenvalue weighted by Crippen LogP contribution is 2.28. The van der Waals surface area contributed by atoms with E-state index in [1.165, 1.54) is 7.11 Å². The monoisotopic (exact) mass is 489 g/mol. The molecule has 0 N–H and O–H groups in total. The number of halogens is 1. The first-order valence-corrected chi connectivity index (χ1v) is 12.4. The second kappa shape index (κ2) is 12.3. The van der Waals surface area contributed by atoms with Crippen molar-refractivity contribution in [1.29, 1.82) is 0 Å². The van der Waals surface area contributed by atoms with Crippen LogP contribution in [0.3, 0.4) is 0 Å². The number of aromatic nitrogens is 2. The third-order valence-electron chi connectivity index (χ3n) is 6.14. The lowest BCUT2D eigenvalue weighted by molar-refractivity contribution is -0.122. The molecule has 2 heterocycles. The molecule has 1 aliphatic rings. The maximum absolute atomic E-state index is 13.7. The Balaban J connectivity index is 2.03. The van der Waals surface area contributed by atoms with Crippen LogP contribution in [-0.4, -0.2) is 77.3 Å². The number of carbonyl (C=O) groups excluding carboxylic acids is 2. The Bertz CT molecular complexity index is 977. The maximum atomic E-state index is 13.7. The van der Waals surface area contributed by atoms with Gasteiger partial charge in [0.25, 0.3) is 11.8 Å². The summed E-state index contributed by atoms with van der Waals surface area (Å²) in [7, 11) is 1.52. The molecule has 1 aromatic heterocycles. The average Bonchev–Trinajstić information content (AvgIpc) is 3.25. The van der Waals surface area contributed by atoms with Crippen LogP contribution >= 0.6 is 11.6 Å². The fourth-order valence-electron chi connectivity index (χ4n) is 4.34. The van der Waals surface area contributed by atoms with Gasteiger partial charge in [-0.3, -0.25) is 19.2 Å². The number of hydrogen-bond donors (Lipinski definition) is 0. The van der Waals surface area contributed by atoms with Crippen LogP contribution in [0.25, 0.3) is 0 Å². The molecule has 186 valence electrons. The molecule has 3 rings (SSSR count). The minimum Gasteiger partial charge on any atom is -0.375 e. The maximum Gasteiger partial charge on any atom is 0.272 e. The molecule has 0 unspecified atom stereocenters. The van der Waals surface area contributed by atoms with Gasteiger partial charge >= 0.3 is 0 Å². The normalized spacial score (nSPS) is 15.8. The number of fused-ring (bicyclic) bond motifs is 1. The van der Waals surface area contributed by atoms with Crippen LogP contribution in [0, 0.1) is 0 Å². The van der Waals surface area contributed by atoms with Crippen LogP contribution in [0.1, 0.15) is 49.7 Å². The number of benzene rings is 1. The molecule has 2 aromatic rings. The summed E-state index contributed by atoms with van der Waals surface area (Å²) in [4.78, 5) is 32.7. The van der Waals surface area contributed by atoms with E-state index in [9.17, 15) is 9.59 Å². The standard InChI is InChI=1S/C25H36ClN5O3/c1-5-11-31-22(9-10-27-31)25(33)29-15-14-28(19(2)3)12-6-13-30(24(32)18-34-4)23-16-21(26)8-7-20(23)17-29/h7-10,16,19H,5-6,11-15,17-18H2,1-4H3. The minimum absolute atomic E-state index is 0.0152. The number of ether oxygens (including phenoxy) is 1. The number of rotatable bonds is 6. The Hall–Kier alpha value is -2.42. The predicted octanol–water partition coefficient (Wildman–Crippen LogP) is 3.68. The number of aryl methyl sites for hydroxylation is 1. The molecule has 0 saturated heterocycles. The molecule has 0 spiro atoms. The predicted molar refractivity (Wildman–Crippen MR) is 134 cm³/mol. The van der Waals surface area contributed by atoms with Gasteiger partial charge in [0.15, 0.2) is 0 Å². The number of nitrogens with zero attached hydrogens (tertiary/aromatic N) is 5. The molecule has 1 aromatic carbocycles. The van der Waals surface area contributed by atoms with Gasteiger partial charge in [-0.05, 0) is 50.5 Å². The summed E-state index contributed by atoms with van der Waals surface area (Å²) in [6.45, 7) is 10.1. The Morgan fingerprint density at radius 3 is 2.65 bits per heavy atom. The van der Waals surface area contributed by atoms with Crippen molar-refractivity contribution in [3.05, 3.63) is 46.7 Å². The van der Waals surface area contributed by atoms with Crippen LogP contribution < -0.4 is 4.90 Å². The van der Waals surface area contributed by atoms with E-state index in [1.807, 2.05) is 23.1 Å². The van der Waals surface area contributed by atoms with E-state index < -0.39 is 0 Å². The average molecular weight is 490 g/mol. The van der Waals surface area contributed by atoms with Crippen molar-refractivity contribution in [2.24, 2.45) is 0 Å². The van der Waals surface area contributed by atoms with Gasteiger partial charge in [0.05, 0.1) is 5.69 Å². The first-order valence-electron chi connectivity index (χ1n) is 12.0. The van der Waals surface area contributed by atoms with Gasteiger partial charge in [-0.25, -0.2) is 0 Å². The van der Waals surface area contributed by atoms with Gasteiger partial charge in [0.1, 0.15) is 12.3 Å². The number of hydrogen-bond acceptors (Lipinski definition) is 5. The molecule has 0 atom stereocenters. The lowest BCUT2D eigenvalue weighted by Gasteiger charge is -2.30. The highest BCUT2D eigenvalue weighted by Gasteiger charge is 2.26. The molecule has 34 heavy (non-hydrogen) atoms. The molecule has 9 heteroatoms. The Morgan fingerprint density at radius 2 is 1.94 bits per heavy atom. The second-order valence-electron chi connectivity index (χ2n) is 8.90. The van der Waals surface area contributed by atoms with E-state index in [-0.39, 0.29) is 18.4 Å². The lowest BCUT2D eigenvalue weighted by Crippen LogP contribution is -2.42. The van der Waals surface area contributed by atoms with Crippen LogP contribution in [-0.2, 0) is 22.6 Å². The van der Waals surface area contributed by atoms with Gasteiger partial charge < -0.3 is 14.5 Å². The van der Waals surface area contributed by atoms with Crippen LogP contribution in [0.4, 0.5) is 5.69 Å². The van der Waals surface area contributed by atoms with Crippen LogP contribution in [0.15, 0.2) is 30.5 Å². The third-order valence-corrected chi connectivity index (χ3v) is 6.38. The van der Waals surface area contributed by atoms with E-state index in [0.29, 0.717) is 42.9 Å². The molecule has 2 amide bonds. The molecule has 1 aliphatic heterocycles. The summed E-state index contributed by atoms with van der Waals surface area (Å²) in [6.07, 6.45) is 3.37. The summed E-state index contributed by atoms with van der Waals surface area (Å²) in [6, 6.07) is 7.63. The molecular formula is C25H36ClN5O3. The fraction of sp³-hybridized carbons (Fsp3) is 0.560. The number of amides is 2. The van der Waals surface area contributed by atoms with Gasteiger partial charge in [0.2, 0.25) is 0 Å². The molecule has 0 fully saturated rings. The highest BCUT2D eigenvalue weighted by molar-refractivity contribution is 6.31. The van der Waals surface area contributed by atoms with Crippen LogP contribution in [0.5, 0.6) is 0 Å². The van der Waals surface area contributed by atoms with Crippen LogP contribution in [0.2, 0.25) is 5.02 Å². The number of methoxy groups -OCH3 is 1.